The Labute approximate surface area is 331 Å². The Balaban J connectivity index is 0.000000167. The van der Waals surface area contributed by atoms with Gasteiger partial charge in [0.05, 0.1) is 16.6 Å². The minimum atomic E-state index is -2.31. The number of rotatable bonds is 7. The lowest BCUT2D eigenvalue weighted by atomic mass is 10.1. The topological polar surface area (TPSA) is 115 Å². The van der Waals surface area contributed by atoms with Crippen molar-refractivity contribution in [1.82, 2.24) is 20.2 Å². The fraction of sp³-hybridized carbons (Fsp3) is 0.0435. The molecule has 5 aromatic carbocycles. The molecule has 0 spiro atoms. The van der Waals surface area contributed by atoms with Crippen molar-refractivity contribution in [2.75, 3.05) is 0 Å². The van der Waals surface area contributed by atoms with E-state index in [0.717, 1.165) is 28.5 Å². The van der Waals surface area contributed by atoms with Crippen LogP contribution in [0.25, 0.3) is 10.8 Å². The molecule has 1 aliphatic heterocycles. The molecule has 1 aliphatic rings. The van der Waals surface area contributed by atoms with E-state index < -0.39 is 7.26 Å². The molecule has 0 fully saturated rings. The summed E-state index contributed by atoms with van der Waals surface area (Å²) in [6.07, 6.45) is 8.15. The van der Waals surface area contributed by atoms with E-state index in [1.807, 2.05) is 78.9 Å². The summed E-state index contributed by atoms with van der Waals surface area (Å²) in [7, 11) is -2.31. The lowest BCUT2D eigenvalue weighted by Crippen LogP contribution is -3.00. The minimum absolute atomic E-state index is 0. The number of pyridine rings is 2. The van der Waals surface area contributed by atoms with E-state index in [0.29, 0.717) is 22.9 Å². The van der Waals surface area contributed by atoms with E-state index in [1.165, 1.54) is 15.9 Å². The molecule has 0 radical (unpaired) electrons. The summed E-state index contributed by atoms with van der Waals surface area (Å²) in [5, 5.41) is 11.9. The average Bonchev–Trinajstić information content (AvgIpc) is 3.60. The molecular formula is C46H36ClN4O4P. The van der Waals surface area contributed by atoms with Gasteiger partial charge in [-0.1, -0.05) is 91.0 Å². The van der Waals surface area contributed by atoms with Crippen LogP contribution in [-0.2, 0) is 11.2 Å². The average molecular weight is 775 g/mol. The summed E-state index contributed by atoms with van der Waals surface area (Å²) in [5.41, 5.74) is 4.15. The van der Waals surface area contributed by atoms with Gasteiger partial charge in [0.25, 0.3) is 5.56 Å². The van der Waals surface area contributed by atoms with Crippen molar-refractivity contribution in [2.24, 2.45) is 0 Å². The maximum Gasteiger partial charge on any atom is 0.342 e. The fourth-order valence-electron chi connectivity index (χ4n) is 6.70. The molecule has 0 amide bonds. The standard InChI is InChI=1S/C26H20O2P.C14H11N3O.C6H5NO.ClH/c27-25-23-18-10-11-19-24(23)26(28-25)29(20-12-4-1-5-13-20,21-14-6-2-7-15-21)22-16-8-3-9-17-22;18-14-12-4-2-1-3-11(12)13(16-17-14)9-10-5-7-15-8-6-10;8-5-6-1-3-7-4-2-6;/h1-19,26H;1-8H,9H2,(H,17,18);1-5H;1H/q+1;;;/p-1. The van der Waals surface area contributed by atoms with Gasteiger partial charge in [-0.05, 0) is 78.4 Å². The predicted octanol–water partition coefficient (Wildman–Crippen LogP) is 4.66. The number of cyclic esters (lactones) is 1. The monoisotopic (exact) mass is 774 g/mol. The lowest BCUT2D eigenvalue weighted by molar-refractivity contribution is -0.0000343. The van der Waals surface area contributed by atoms with Gasteiger partial charge >= 0.3 is 5.97 Å². The zero-order valence-corrected chi connectivity index (χ0v) is 31.7. The van der Waals surface area contributed by atoms with Crippen molar-refractivity contribution in [3.8, 4) is 0 Å². The molecule has 0 bridgehead atoms. The maximum absolute atomic E-state index is 12.8. The first-order chi connectivity index (χ1) is 27.1. The molecule has 0 saturated heterocycles. The van der Waals surface area contributed by atoms with Crippen LogP contribution in [0.3, 0.4) is 0 Å². The Morgan fingerprint density at radius 1 is 0.589 bits per heavy atom. The van der Waals surface area contributed by atoms with E-state index in [9.17, 15) is 14.4 Å². The number of aldehydes is 1. The SMILES string of the molecule is O=C1OC([P+](c2ccccc2)(c2ccccc2)c2ccccc2)c2ccccc21.O=Cc1ccncc1.O=c1[nH]nc(Cc2ccncc2)c2ccccc12.[Cl-]. The third-order valence-corrected chi connectivity index (χ3v) is 13.7. The van der Waals surface area contributed by atoms with Gasteiger partial charge in [0.2, 0.25) is 5.85 Å². The molecule has 276 valence electrons. The number of fused-ring (bicyclic) bond motifs is 2. The van der Waals surface area contributed by atoms with Crippen LogP contribution in [0, 0.1) is 0 Å². The van der Waals surface area contributed by atoms with Crippen LogP contribution in [-0.4, -0.2) is 32.4 Å². The van der Waals surface area contributed by atoms with E-state index in [2.05, 4.69) is 93.0 Å². The van der Waals surface area contributed by atoms with Crippen molar-refractivity contribution in [3.63, 3.8) is 0 Å². The molecule has 1 N–H and O–H groups in total. The highest BCUT2D eigenvalue weighted by Crippen LogP contribution is 2.69. The van der Waals surface area contributed by atoms with Crippen molar-refractivity contribution < 1.29 is 26.7 Å². The van der Waals surface area contributed by atoms with Gasteiger partial charge in [-0.25, -0.2) is 9.89 Å². The maximum atomic E-state index is 12.8. The Bertz CT molecular complexity index is 2470. The van der Waals surface area contributed by atoms with Gasteiger partial charge in [0.1, 0.15) is 22.2 Å². The Morgan fingerprint density at radius 2 is 1.07 bits per heavy atom. The number of aromatic nitrogens is 4. The number of carbonyl (C=O) groups excluding carboxylic acids is 2. The Morgan fingerprint density at radius 3 is 1.61 bits per heavy atom. The number of benzene rings is 5. The second kappa shape index (κ2) is 18.6. The number of carbonyl (C=O) groups is 2. The number of hydrogen-bond donors (Lipinski definition) is 1. The van der Waals surface area contributed by atoms with E-state index in [1.54, 1.807) is 36.9 Å². The molecular weight excluding hydrogens is 739 g/mol. The van der Waals surface area contributed by atoms with Gasteiger partial charge in [0, 0.05) is 47.7 Å². The van der Waals surface area contributed by atoms with Crippen LogP contribution in [0.4, 0.5) is 0 Å². The summed E-state index contributed by atoms with van der Waals surface area (Å²) < 4.78 is 6.17. The molecule has 0 aliphatic carbocycles. The van der Waals surface area contributed by atoms with Gasteiger partial charge in [0.15, 0.2) is 7.26 Å². The summed E-state index contributed by atoms with van der Waals surface area (Å²) >= 11 is 0. The number of aromatic amines is 1. The van der Waals surface area contributed by atoms with Gasteiger partial charge in [-0.3, -0.25) is 19.6 Å². The molecule has 0 saturated carbocycles. The zero-order chi connectivity index (χ0) is 37.9. The quantitative estimate of drug-likeness (QED) is 0.143. The van der Waals surface area contributed by atoms with Crippen molar-refractivity contribution >= 4 is 46.2 Å². The van der Waals surface area contributed by atoms with E-state index >= 15 is 0 Å². The summed E-state index contributed by atoms with van der Waals surface area (Å²) in [5.74, 6) is -0.587. The summed E-state index contributed by atoms with van der Waals surface area (Å²) in [4.78, 5) is 42.2. The van der Waals surface area contributed by atoms with Crippen LogP contribution in [0.5, 0.6) is 0 Å². The van der Waals surface area contributed by atoms with Crippen molar-refractivity contribution in [2.45, 2.75) is 12.3 Å². The second-order valence-corrected chi connectivity index (χ2v) is 16.0. The summed E-state index contributed by atoms with van der Waals surface area (Å²) in [6, 6.07) is 54.0. The minimum Gasteiger partial charge on any atom is -1.00 e. The first-order valence-corrected chi connectivity index (χ1v) is 19.5. The number of hydrogen-bond acceptors (Lipinski definition) is 7. The fourth-order valence-corrected chi connectivity index (χ4v) is 11.2. The summed E-state index contributed by atoms with van der Waals surface area (Å²) in [6.45, 7) is 0. The number of halogens is 1. The highest BCUT2D eigenvalue weighted by Gasteiger charge is 2.58. The van der Waals surface area contributed by atoms with Crippen LogP contribution in [0.15, 0.2) is 193 Å². The highest BCUT2D eigenvalue weighted by molar-refractivity contribution is 7.95. The van der Waals surface area contributed by atoms with Gasteiger partial charge < -0.3 is 17.1 Å². The van der Waals surface area contributed by atoms with Crippen molar-refractivity contribution in [1.29, 1.82) is 0 Å². The number of ether oxygens (including phenoxy) is 1. The van der Waals surface area contributed by atoms with Crippen LogP contribution in [0.1, 0.15) is 43.4 Å². The van der Waals surface area contributed by atoms with Crippen LogP contribution < -0.4 is 33.9 Å². The van der Waals surface area contributed by atoms with Crippen LogP contribution in [0.2, 0.25) is 0 Å². The smallest absolute Gasteiger partial charge is 0.342 e. The molecule has 1 atom stereocenters. The molecule has 56 heavy (non-hydrogen) atoms. The number of H-pyrrole nitrogens is 1. The normalized spacial score (nSPS) is 12.7. The zero-order valence-electron chi connectivity index (χ0n) is 30.1. The molecule has 1 unspecified atom stereocenters. The van der Waals surface area contributed by atoms with E-state index in [4.69, 9.17) is 4.74 Å². The first-order valence-electron chi connectivity index (χ1n) is 17.7. The lowest BCUT2D eigenvalue weighted by Gasteiger charge is -2.31. The number of nitrogens with one attached hydrogen (secondary N) is 1. The first kappa shape index (κ1) is 39.1. The largest absolute Gasteiger partial charge is 1.00 e. The third kappa shape index (κ3) is 8.37. The van der Waals surface area contributed by atoms with Crippen molar-refractivity contribution in [3.05, 3.63) is 227 Å². The van der Waals surface area contributed by atoms with Crippen LogP contribution >= 0.6 is 7.26 Å². The number of nitrogens with zero attached hydrogens (tertiary/aromatic N) is 3. The Hall–Kier alpha value is -6.60. The predicted molar refractivity (Wildman–Crippen MR) is 219 cm³/mol. The highest BCUT2D eigenvalue weighted by atomic mass is 35.5. The number of esters is 1. The third-order valence-electron chi connectivity index (χ3n) is 9.25. The van der Waals surface area contributed by atoms with E-state index in [-0.39, 0.29) is 29.8 Å². The molecule has 3 aromatic heterocycles. The molecule has 8 aromatic rings. The molecule has 9 rings (SSSR count). The van der Waals surface area contributed by atoms with Gasteiger partial charge in [-0.15, -0.1) is 0 Å². The Kier molecular flexibility index (Phi) is 13.0. The molecule has 4 heterocycles. The van der Waals surface area contributed by atoms with Gasteiger partial charge in [-0.2, -0.15) is 5.10 Å². The molecule has 8 nitrogen and oxygen atoms in total. The second-order valence-electron chi connectivity index (χ2n) is 12.5. The molecule has 10 heteroatoms.